The SMILES string of the molecule is CCC(C)(C=O)c1ccc(C(C)C)cc1. The molecule has 1 aromatic carbocycles. The normalized spacial score (nSPS) is 15.0. The molecule has 0 aromatic heterocycles. The maximum absolute atomic E-state index is 11.1. The Labute approximate surface area is 92.5 Å². The number of carbonyl (C=O) groups excluding carboxylic acids is 1. The molecule has 1 unspecified atom stereocenters. The highest BCUT2D eigenvalue weighted by Crippen LogP contribution is 2.26. The Morgan fingerprint density at radius 2 is 1.80 bits per heavy atom. The molecule has 82 valence electrons. The molecule has 1 atom stereocenters. The Morgan fingerprint density at radius 1 is 1.27 bits per heavy atom. The zero-order valence-electron chi connectivity index (χ0n) is 10.1. The lowest BCUT2D eigenvalue weighted by Gasteiger charge is -2.22. The van der Waals surface area contributed by atoms with Gasteiger partial charge in [0.1, 0.15) is 6.29 Å². The molecule has 1 rings (SSSR count). The average molecular weight is 204 g/mol. The van der Waals surface area contributed by atoms with E-state index in [1.165, 1.54) is 5.56 Å². The van der Waals surface area contributed by atoms with Crippen molar-refractivity contribution in [3.05, 3.63) is 35.4 Å². The van der Waals surface area contributed by atoms with Crippen molar-refractivity contribution in [2.75, 3.05) is 0 Å². The van der Waals surface area contributed by atoms with Crippen LogP contribution in [0.4, 0.5) is 0 Å². The first-order valence-electron chi connectivity index (χ1n) is 5.60. The van der Waals surface area contributed by atoms with Crippen molar-refractivity contribution in [1.29, 1.82) is 0 Å². The van der Waals surface area contributed by atoms with E-state index in [2.05, 4.69) is 38.1 Å². The number of hydrogen-bond acceptors (Lipinski definition) is 1. The van der Waals surface area contributed by atoms with Gasteiger partial charge in [0.2, 0.25) is 0 Å². The van der Waals surface area contributed by atoms with Gasteiger partial charge in [-0.1, -0.05) is 45.0 Å². The maximum Gasteiger partial charge on any atom is 0.130 e. The molecule has 1 heteroatoms. The van der Waals surface area contributed by atoms with E-state index in [-0.39, 0.29) is 5.41 Å². The largest absolute Gasteiger partial charge is 0.302 e. The molecular formula is C14H20O. The van der Waals surface area contributed by atoms with Crippen molar-refractivity contribution < 1.29 is 4.79 Å². The first-order chi connectivity index (χ1) is 7.03. The Hall–Kier alpha value is -1.11. The molecule has 0 amide bonds. The fourth-order valence-corrected chi connectivity index (χ4v) is 1.60. The van der Waals surface area contributed by atoms with Gasteiger partial charge in [0.25, 0.3) is 0 Å². The molecule has 0 spiro atoms. The first kappa shape index (κ1) is 12.0. The van der Waals surface area contributed by atoms with Crippen LogP contribution in [0, 0.1) is 0 Å². The zero-order valence-corrected chi connectivity index (χ0v) is 10.1. The standard InChI is InChI=1S/C14H20O/c1-5-14(4,10-15)13-8-6-12(7-9-13)11(2)3/h6-11H,5H2,1-4H3. The lowest BCUT2D eigenvalue weighted by molar-refractivity contribution is -0.112. The second-order valence-corrected chi connectivity index (χ2v) is 4.67. The van der Waals surface area contributed by atoms with Crippen molar-refractivity contribution >= 4 is 6.29 Å². The minimum atomic E-state index is -0.324. The highest BCUT2D eigenvalue weighted by molar-refractivity contribution is 5.67. The van der Waals surface area contributed by atoms with Crippen LogP contribution >= 0.6 is 0 Å². The van der Waals surface area contributed by atoms with E-state index in [1.807, 2.05) is 13.8 Å². The van der Waals surface area contributed by atoms with E-state index in [9.17, 15) is 4.79 Å². The minimum absolute atomic E-state index is 0.324. The summed E-state index contributed by atoms with van der Waals surface area (Å²) in [4.78, 5) is 11.1. The molecule has 0 aliphatic rings. The smallest absolute Gasteiger partial charge is 0.130 e. The molecule has 1 nitrogen and oxygen atoms in total. The molecule has 0 radical (unpaired) electrons. The monoisotopic (exact) mass is 204 g/mol. The minimum Gasteiger partial charge on any atom is -0.302 e. The lowest BCUT2D eigenvalue weighted by Crippen LogP contribution is -2.22. The Morgan fingerprint density at radius 3 is 2.13 bits per heavy atom. The predicted molar refractivity (Wildman–Crippen MR) is 64.2 cm³/mol. The summed E-state index contributed by atoms with van der Waals surface area (Å²) in [6, 6.07) is 8.40. The van der Waals surface area contributed by atoms with Crippen LogP contribution in [0.15, 0.2) is 24.3 Å². The van der Waals surface area contributed by atoms with Crippen molar-refractivity contribution in [3.63, 3.8) is 0 Å². The van der Waals surface area contributed by atoms with Gasteiger partial charge in [0.15, 0.2) is 0 Å². The van der Waals surface area contributed by atoms with Crippen LogP contribution < -0.4 is 0 Å². The molecular weight excluding hydrogens is 184 g/mol. The molecule has 1 aromatic rings. The second-order valence-electron chi connectivity index (χ2n) is 4.67. The fraction of sp³-hybridized carbons (Fsp3) is 0.500. The Bertz CT molecular complexity index is 324. The topological polar surface area (TPSA) is 17.1 Å². The third-order valence-electron chi connectivity index (χ3n) is 3.23. The van der Waals surface area contributed by atoms with Crippen molar-refractivity contribution in [3.8, 4) is 0 Å². The highest BCUT2D eigenvalue weighted by atomic mass is 16.1. The van der Waals surface area contributed by atoms with Crippen LogP contribution in [0.1, 0.15) is 51.2 Å². The molecule has 0 saturated carbocycles. The number of aldehydes is 1. The summed E-state index contributed by atoms with van der Waals surface area (Å²) in [6.45, 7) is 8.39. The third kappa shape index (κ3) is 2.47. The van der Waals surface area contributed by atoms with Crippen molar-refractivity contribution in [1.82, 2.24) is 0 Å². The summed E-state index contributed by atoms with van der Waals surface area (Å²) >= 11 is 0. The predicted octanol–water partition coefficient (Wildman–Crippen LogP) is 3.68. The number of rotatable bonds is 4. The second kappa shape index (κ2) is 4.61. The third-order valence-corrected chi connectivity index (χ3v) is 3.23. The van der Waals surface area contributed by atoms with Gasteiger partial charge < -0.3 is 4.79 Å². The van der Waals surface area contributed by atoms with Crippen LogP contribution in [0.25, 0.3) is 0 Å². The molecule has 0 heterocycles. The van der Waals surface area contributed by atoms with Gasteiger partial charge >= 0.3 is 0 Å². The number of hydrogen-bond donors (Lipinski definition) is 0. The van der Waals surface area contributed by atoms with Crippen LogP contribution in [0.5, 0.6) is 0 Å². The Kier molecular flexibility index (Phi) is 3.67. The van der Waals surface area contributed by atoms with Gasteiger partial charge in [-0.15, -0.1) is 0 Å². The van der Waals surface area contributed by atoms with E-state index in [1.54, 1.807) is 0 Å². The first-order valence-corrected chi connectivity index (χ1v) is 5.60. The van der Waals surface area contributed by atoms with E-state index >= 15 is 0 Å². The van der Waals surface area contributed by atoms with E-state index in [0.29, 0.717) is 5.92 Å². The van der Waals surface area contributed by atoms with Crippen LogP contribution in [-0.4, -0.2) is 6.29 Å². The van der Waals surface area contributed by atoms with Gasteiger partial charge in [-0.3, -0.25) is 0 Å². The van der Waals surface area contributed by atoms with Crippen molar-refractivity contribution in [2.45, 2.75) is 45.4 Å². The van der Waals surface area contributed by atoms with E-state index in [0.717, 1.165) is 18.3 Å². The lowest BCUT2D eigenvalue weighted by atomic mass is 9.81. The van der Waals surface area contributed by atoms with E-state index < -0.39 is 0 Å². The van der Waals surface area contributed by atoms with Gasteiger partial charge in [-0.25, -0.2) is 0 Å². The molecule has 15 heavy (non-hydrogen) atoms. The average Bonchev–Trinajstić information content (AvgIpc) is 2.28. The quantitative estimate of drug-likeness (QED) is 0.684. The van der Waals surface area contributed by atoms with Gasteiger partial charge in [0, 0.05) is 5.41 Å². The van der Waals surface area contributed by atoms with Gasteiger partial charge in [0.05, 0.1) is 0 Å². The zero-order chi connectivity index (χ0) is 11.5. The number of benzene rings is 1. The Balaban J connectivity index is 3.02. The van der Waals surface area contributed by atoms with Crippen LogP contribution in [-0.2, 0) is 10.2 Å². The maximum atomic E-state index is 11.1. The molecule has 0 N–H and O–H groups in total. The van der Waals surface area contributed by atoms with Gasteiger partial charge in [-0.05, 0) is 30.4 Å². The molecule has 0 fully saturated rings. The summed E-state index contributed by atoms with van der Waals surface area (Å²) in [5.74, 6) is 0.545. The fourth-order valence-electron chi connectivity index (χ4n) is 1.60. The number of carbonyl (C=O) groups is 1. The summed E-state index contributed by atoms with van der Waals surface area (Å²) in [7, 11) is 0. The molecule has 0 saturated heterocycles. The van der Waals surface area contributed by atoms with E-state index in [4.69, 9.17) is 0 Å². The molecule has 0 bridgehead atoms. The summed E-state index contributed by atoms with van der Waals surface area (Å²) in [5, 5.41) is 0. The molecule has 0 aliphatic carbocycles. The summed E-state index contributed by atoms with van der Waals surface area (Å²) < 4.78 is 0. The van der Waals surface area contributed by atoms with Crippen LogP contribution in [0.3, 0.4) is 0 Å². The van der Waals surface area contributed by atoms with Gasteiger partial charge in [-0.2, -0.15) is 0 Å². The van der Waals surface area contributed by atoms with Crippen molar-refractivity contribution in [2.24, 2.45) is 0 Å². The molecule has 0 aliphatic heterocycles. The van der Waals surface area contributed by atoms with Crippen LogP contribution in [0.2, 0.25) is 0 Å². The summed E-state index contributed by atoms with van der Waals surface area (Å²) in [5.41, 5.74) is 2.11. The summed E-state index contributed by atoms with van der Waals surface area (Å²) in [6.07, 6.45) is 1.90. The highest BCUT2D eigenvalue weighted by Gasteiger charge is 2.23.